The molecule has 1 aliphatic heterocycles. The van der Waals surface area contributed by atoms with E-state index >= 15 is 0 Å². The van der Waals surface area contributed by atoms with Crippen molar-refractivity contribution in [2.75, 3.05) is 10.6 Å². The van der Waals surface area contributed by atoms with E-state index in [-0.39, 0.29) is 23.8 Å². The third-order valence-electron chi connectivity index (χ3n) is 5.26. The van der Waals surface area contributed by atoms with Crippen molar-refractivity contribution in [1.82, 2.24) is 19.7 Å². The van der Waals surface area contributed by atoms with Gasteiger partial charge in [-0.05, 0) is 42.5 Å². The highest BCUT2D eigenvalue weighted by atomic mass is 32.2. The van der Waals surface area contributed by atoms with Gasteiger partial charge in [0.2, 0.25) is 21.9 Å². The SMILES string of the molecule is O=C1Cc2cnc(Nc3ccc(S(=O)(=O)NCc4ccccn4)cc3)nc2-c2ccccc2N1. The average Bonchev–Trinajstić information content (AvgIpc) is 2.99. The van der Waals surface area contributed by atoms with Crippen LogP contribution in [0.2, 0.25) is 0 Å². The van der Waals surface area contributed by atoms with Crippen molar-refractivity contribution in [3.63, 3.8) is 0 Å². The number of hydrogen-bond acceptors (Lipinski definition) is 7. The number of hydrogen-bond donors (Lipinski definition) is 3. The topological polar surface area (TPSA) is 126 Å². The molecule has 10 heteroatoms. The number of carbonyl (C=O) groups is 1. The minimum atomic E-state index is -3.69. The number of fused-ring (bicyclic) bond motifs is 3. The smallest absolute Gasteiger partial charge is 0.240 e. The average molecular weight is 473 g/mol. The molecule has 0 spiro atoms. The van der Waals surface area contributed by atoms with Gasteiger partial charge in [-0.2, -0.15) is 0 Å². The monoisotopic (exact) mass is 472 g/mol. The molecule has 0 bridgehead atoms. The summed E-state index contributed by atoms with van der Waals surface area (Å²) in [7, 11) is -3.69. The zero-order chi connectivity index (χ0) is 23.5. The number of para-hydroxylation sites is 1. The number of aromatic nitrogens is 3. The van der Waals surface area contributed by atoms with E-state index in [1.165, 1.54) is 12.1 Å². The van der Waals surface area contributed by atoms with Crippen LogP contribution in [0.3, 0.4) is 0 Å². The molecule has 0 aliphatic carbocycles. The van der Waals surface area contributed by atoms with Crippen molar-refractivity contribution in [2.24, 2.45) is 0 Å². The van der Waals surface area contributed by atoms with E-state index in [0.29, 0.717) is 28.7 Å². The first-order chi connectivity index (χ1) is 16.5. The van der Waals surface area contributed by atoms with Gasteiger partial charge in [0, 0.05) is 29.2 Å². The van der Waals surface area contributed by atoms with Gasteiger partial charge in [-0.15, -0.1) is 0 Å². The molecule has 0 saturated heterocycles. The number of nitrogens with zero attached hydrogens (tertiary/aromatic N) is 3. The van der Waals surface area contributed by atoms with Gasteiger partial charge < -0.3 is 10.6 Å². The Bertz CT molecular complexity index is 1460. The minimum absolute atomic E-state index is 0.102. The van der Waals surface area contributed by atoms with E-state index < -0.39 is 10.0 Å². The molecule has 34 heavy (non-hydrogen) atoms. The zero-order valence-electron chi connectivity index (χ0n) is 17.9. The minimum Gasteiger partial charge on any atom is -0.325 e. The fraction of sp³-hybridized carbons (Fsp3) is 0.0833. The normalized spacial score (nSPS) is 12.8. The van der Waals surface area contributed by atoms with Crippen molar-refractivity contribution >= 4 is 33.3 Å². The molecule has 1 aliphatic rings. The molecule has 0 fully saturated rings. The van der Waals surface area contributed by atoms with E-state index in [1.807, 2.05) is 24.3 Å². The summed E-state index contributed by atoms with van der Waals surface area (Å²) in [6, 6.07) is 19.1. The van der Waals surface area contributed by atoms with Crippen molar-refractivity contribution < 1.29 is 13.2 Å². The number of anilines is 3. The summed E-state index contributed by atoms with van der Waals surface area (Å²) in [4.78, 5) is 25.4. The maximum absolute atomic E-state index is 12.6. The van der Waals surface area contributed by atoms with E-state index in [2.05, 4.69) is 30.3 Å². The highest BCUT2D eigenvalue weighted by Gasteiger charge is 2.21. The predicted molar refractivity (Wildman–Crippen MR) is 128 cm³/mol. The maximum atomic E-state index is 12.6. The Labute approximate surface area is 196 Å². The van der Waals surface area contributed by atoms with Crippen molar-refractivity contribution in [2.45, 2.75) is 17.9 Å². The number of sulfonamides is 1. The Balaban J connectivity index is 1.34. The molecule has 0 radical (unpaired) electrons. The fourth-order valence-electron chi connectivity index (χ4n) is 3.60. The van der Waals surface area contributed by atoms with E-state index in [9.17, 15) is 13.2 Å². The van der Waals surface area contributed by atoms with Crippen molar-refractivity contribution in [3.05, 3.63) is 90.4 Å². The maximum Gasteiger partial charge on any atom is 0.240 e. The summed E-state index contributed by atoms with van der Waals surface area (Å²) in [6.07, 6.45) is 3.43. The number of rotatable bonds is 6. The molecular weight excluding hydrogens is 452 g/mol. The van der Waals surface area contributed by atoms with Gasteiger partial charge in [0.05, 0.1) is 34.9 Å². The molecule has 2 aromatic heterocycles. The lowest BCUT2D eigenvalue weighted by molar-refractivity contribution is -0.115. The van der Waals surface area contributed by atoms with E-state index in [4.69, 9.17) is 0 Å². The summed E-state index contributed by atoms with van der Waals surface area (Å²) >= 11 is 0. The van der Waals surface area contributed by atoms with Crippen LogP contribution < -0.4 is 15.4 Å². The van der Waals surface area contributed by atoms with Gasteiger partial charge in [0.25, 0.3) is 0 Å². The molecule has 2 aromatic carbocycles. The number of carbonyl (C=O) groups excluding carboxylic acids is 1. The van der Waals surface area contributed by atoms with Gasteiger partial charge >= 0.3 is 0 Å². The van der Waals surface area contributed by atoms with Crippen molar-refractivity contribution in [1.29, 1.82) is 0 Å². The summed E-state index contributed by atoms with van der Waals surface area (Å²) in [5.74, 6) is 0.218. The van der Waals surface area contributed by atoms with Crippen LogP contribution in [0.4, 0.5) is 17.3 Å². The van der Waals surface area contributed by atoms with E-state index in [0.717, 1.165) is 11.1 Å². The molecule has 3 N–H and O–H groups in total. The first-order valence-corrected chi connectivity index (χ1v) is 12.0. The standard InChI is InChI=1S/C24H20N6O3S/c31-22-13-16-14-26-24(30-23(16)20-6-1-2-7-21(20)29-22)28-17-8-10-19(11-9-17)34(32,33)27-15-18-5-3-4-12-25-18/h1-12,14,27H,13,15H2,(H,29,31)(H,26,28,30). The van der Waals surface area contributed by atoms with Gasteiger partial charge in [-0.25, -0.2) is 23.1 Å². The van der Waals surface area contributed by atoms with E-state index in [1.54, 1.807) is 42.7 Å². The summed E-state index contributed by atoms with van der Waals surface area (Å²) in [5, 5.41) is 5.99. The lowest BCUT2D eigenvalue weighted by Crippen LogP contribution is -2.23. The molecular formula is C24H20N6O3S. The van der Waals surface area contributed by atoms with Crippen LogP contribution in [-0.4, -0.2) is 29.3 Å². The fourth-order valence-corrected chi connectivity index (χ4v) is 4.60. The lowest BCUT2D eigenvalue weighted by atomic mass is 10.1. The van der Waals surface area contributed by atoms with Gasteiger partial charge in [0.15, 0.2) is 0 Å². The Morgan fingerprint density at radius 3 is 2.53 bits per heavy atom. The Kier molecular flexibility index (Phi) is 5.74. The Morgan fingerprint density at radius 2 is 1.74 bits per heavy atom. The first-order valence-electron chi connectivity index (χ1n) is 10.5. The highest BCUT2D eigenvalue weighted by molar-refractivity contribution is 7.89. The lowest BCUT2D eigenvalue weighted by Gasteiger charge is -2.11. The van der Waals surface area contributed by atoms with Crippen LogP contribution in [-0.2, 0) is 27.8 Å². The Morgan fingerprint density at radius 1 is 0.941 bits per heavy atom. The molecule has 0 unspecified atom stereocenters. The predicted octanol–water partition coefficient (Wildman–Crippen LogP) is 3.26. The molecule has 9 nitrogen and oxygen atoms in total. The molecule has 0 saturated carbocycles. The van der Waals surface area contributed by atoms with Gasteiger partial charge in [-0.1, -0.05) is 24.3 Å². The molecule has 1 amide bonds. The number of nitrogens with one attached hydrogen (secondary N) is 3. The van der Waals surface area contributed by atoms with Gasteiger partial charge in [-0.3, -0.25) is 9.78 Å². The Hall–Kier alpha value is -4.15. The third kappa shape index (κ3) is 4.63. The van der Waals surface area contributed by atoms with Crippen LogP contribution in [0, 0.1) is 0 Å². The largest absolute Gasteiger partial charge is 0.325 e. The number of amides is 1. The quantitative estimate of drug-likeness (QED) is 0.393. The van der Waals surface area contributed by atoms with Crippen LogP contribution in [0.1, 0.15) is 11.3 Å². The number of pyridine rings is 1. The van der Waals surface area contributed by atoms with Crippen LogP contribution in [0.25, 0.3) is 11.3 Å². The summed E-state index contributed by atoms with van der Waals surface area (Å²) in [5.41, 5.74) is 4.17. The first kappa shape index (κ1) is 21.7. The van der Waals surface area contributed by atoms with Crippen LogP contribution in [0.5, 0.6) is 0 Å². The summed E-state index contributed by atoms with van der Waals surface area (Å²) in [6.45, 7) is 0.102. The third-order valence-corrected chi connectivity index (χ3v) is 6.68. The van der Waals surface area contributed by atoms with Crippen molar-refractivity contribution in [3.8, 4) is 11.3 Å². The second kappa shape index (κ2) is 9.00. The zero-order valence-corrected chi connectivity index (χ0v) is 18.7. The molecule has 0 atom stereocenters. The van der Waals surface area contributed by atoms with Crippen LogP contribution in [0.15, 0.2) is 84.0 Å². The van der Waals surface area contributed by atoms with Gasteiger partial charge in [0.1, 0.15) is 0 Å². The molecule has 170 valence electrons. The molecule has 5 rings (SSSR count). The second-order valence-corrected chi connectivity index (χ2v) is 9.40. The number of benzene rings is 2. The molecule has 4 aromatic rings. The second-order valence-electron chi connectivity index (χ2n) is 7.63. The summed E-state index contributed by atoms with van der Waals surface area (Å²) < 4.78 is 27.7. The highest BCUT2D eigenvalue weighted by Crippen LogP contribution is 2.32. The molecule has 3 heterocycles. The van der Waals surface area contributed by atoms with Crippen LogP contribution >= 0.6 is 0 Å².